The second-order valence-electron chi connectivity index (χ2n) is 7.95. The number of thiophene rings is 1. The number of rotatable bonds is 7. The molecule has 1 N–H and O–H groups in total. The van der Waals surface area contributed by atoms with Gasteiger partial charge in [-0.2, -0.15) is 0 Å². The van der Waals surface area contributed by atoms with Crippen molar-refractivity contribution in [1.82, 2.24) is 9.97 Å². The van der Waals surface area contributed by atoms with Crippen LogP contribution in [0.4, 0.5) is 0 Å². The van der Waals surface area contributed by atoms with E-state index in [-0.39, 0.29) is 12.2 Å². The van der Waals surface area contributed by atoms with Crippen LogP contribution in [0.5, 0.6) is 17.2 Å². The first-order chi connectivity index (χ1) is 16.5. The van der Waals surface area contributed by atoms with Crippen LogP contribution in [0.1, 0.15) is 23.3 Å². The van der Waals surface area contributed by atoms with E-state index in [0.29, 0.717) is 45.3 Å². The molecule has 0 unspecified atom stereocenters. The average molecular weight is 517 g/mol. The van der Waals surface area contributed by atoms with Crippen LogP contribution in [-0.4, -0.2) is 30.3 Å². The number of benzene rings is 2. The number of nitrogens with one attached hydrogen (secondary N) is 1. The van der Waals surface area contributed by atoms with Crippen molar-refractivity contribution in [3.63, 3.8) is 0 Å². The molecule has 5 rings (SSSR count). The SMILES string of the molecule is COc1cccc(OCCOc2c(Cl)cc(-c3nc4sc5c(c4c(=O)[nH]3)CCCC5)cc2Cl)c1. The number of hydrogen-bond acceptors (Lipinski definition) is 6. The number of nitrogens with zero attached hydrogens (tertiary/aromatic N) is 1. The van der Waals surface area contributed by atoms with E-state index in [4.69, 9.17) is 42.4 Å². The van der Waals surface area contributed by atoms with Crippen LogP contribution in [0.15, 0.2) is 41.2 Å². The standard InChI is InChI=1S/C25H22Cl2N2O4S/c1-31-15-5-4-6-16(13-15)32-9-10-33-22-18(26)11-14(12-19(22)27)23-28-24(30)21-17-7-2-3-8-20(17)34-25(21)29-23/h4-6,11-13H,2-3,7-10H2,1H3,(H,28,29,30). The van der Waals surface area contributed by atoms with Gasteiger partial charge in [0.2, 0.25) is 0 Å². The van der Waals surface area contributed by atoms with E-state index in [1.54, 1.807) is 36.6 Å². The Morgan fingerprint density at radius 1 is 1.03 bits per heavy atom. The number of ether oxygens (including phenoxy) is 3. The van der Waals surface area contributed by atoms with Crippen molar-refractivity contribution in [2.24, 2.45) is 0 Å². The largest absolute Gasteiger partial charge is 0.497 e. The van der Waals surface area contributed by atoms with Crippen molar-refractivity contribution < 1.29 is 14.2 Å². The average Bonchev–Trinajstić information content (AvgIpc) is 3.22. The van der Waals surface area contributed by atoms with Gasteiger partial charge in [-0.25, -0.2) is 4.98 Å². The van der Waals surface area contributed by atoms with Crippen molar-refractivity contribution in [1.29, 1.82) is 0 Å². The molecular weight excluding hydrogens is 495 g/mol. The second kappa shape index (κ2) is 9.86. The molecule has 0 saturated heterocycles. The lowest BCUT2D eigenvalue weighted by Gasteiger charge is -2.13. The molecule has 0 fully saturated rings. The van der Waals surface area contributed by atoms with Crippen molar-refractivity contribution >= 4 is 44.8 Å². The Bertz CT molecular complexity index is 1390. The van der Waals surface area contributed by atoms with Gasteiger partial charge in [0.25, 0.3) is 5.56 Å². The number of aryl methyl sites for hydroxylation is 2. The lowest BCUT2D eigenvalue weighted by Crippen LogP contribution is -2.11. The van der Waals surface area contributed by atoms with Gasteiger partial charge in [0.1, 0.15) is 35.4 Å². The summed E-state index contributed by atoms with van der Waals surface area (Å²) in [7, 11) is 1.60. The molecule has 4 aromatic rings. The minimum atomic E-state index is -0.123. The van der Waals surface area contributed by atoms with Gasteiger partial charge in [0, 0.05) is 16.5 Å². The molecule has 0 radical (unpaired) electrons. The molecule has 0 spiro atoms. The quantitative estimate of drug-likeness (QED) is 0.291. The zero-order chi connectivity index (χ0) is 23.7. The van der Waals surface area contributed by atoms with Gasteiger partial charge in [0.15, 0.2) is 5.75 Å². The predicted octanol–water partition coefficient (Wildman–Crippen LogP) is 6.30. The molecule has 1 aliphatic carbocycles. The number of H-pyrrole nitrogens is 1. The van der Waals surface area contributed by atoms with E-state index in [1.165, 1.54) is 4.88 Å². The normalized spacial score (nSPS) is 13.0. The summed E-state index contributed by atoms with van der Waals surface area (Å²) in [4.78, 5) is 22.5. The smallest absolute Gasteiger partial charge is 0.260 e. The van der Waals surface area contributed by atoms with E-state index >= 15 is 0 Å². The summed E-state index contributed by atoms with van der Waals surface area (Å²) in [6.45, 7) is 0.550. The fraction of sp³-hybridized carbons (Fsp3) is 0.280. The van der Waals surface area contributed by atoms with Crippen molar-refractivity contribution in [3.8, 4) is 28.6 Å². The lowest BCUT2D eigenvalue weighted by molar-refractivity contribution is 0.217. The number of aromatic nitrogens is 2. The number of halogens is 2. The Balaban J connectivity index is 1.33. The van der Waals surface area contributed by atoms with Gasteiger partial charge in [-0.1, -0.05) is 29.3 Å². The van der Waals surface area contributed by atoms with Crippen molar-refractivity contribution in [2.45, 2.75) is 25.7 Å². The summed E-state index contributed by atoms with van der Waals surface area (Å²) in [5.41, 5.74) is 1.66. The molecule has 2 heterocycles. The zero-order valence-electron chi connectivity index (χ0n) is 18.5. The molecule has 9 heteroatoms. The third-order valence-electron chi connectivity index (χ3n) is 5.74. The van der Waals surface area contributed by atoms with E-state index < -0.39 is 0 Å². The summed E-state index contributed by atoms with van der Waals surface area (Å²) in [6, 6.07) is 10.7. The maximum absolute atomic E-state index is 12.9. The third-order valence-corrected chi connectivity index (χ3v) is 7.48. The zero-order valence-corrected chi connectivity index (χ0v) is 20.8. The van der Waals surface area contributed by atoms with Crippen LogP contribution in [0.25, 0.3) is 21.6 Å². The van der Waals surface area contributed by atoms with Crippen LogP contribution in [0.3, 0.4) is 0 Å². The molecule has 6 nitrogen and oxygen atoms in total. The van der Waals surface area contributed by atoms with Gasteiger partial charge in [-0.15, -0.1) is 11.3 Å². The van der Waals surface area contributed by atoms with Crippen LogP contribution < -0.4 is 19.8 Å². The summed E-state index contributed by atoms with van der Waals surface area (Å²) < 4.78 is 16.7. The first-order valence-electron chi connectivity index (χ1n) is 11.0. The molecule has 0 atom stereocenters. The van der Waals surface area contributed by atoms with Gasteiger partial charge < -0.3 is 19.2 Å². The molecule has 2 aromatic heterocycles. The highest BCUT2D eigenvalue weighted by Crippen LogP contribution is 2.38. The molecule has 176 valence electrons. The van der Waals surface area contributed by atoms with Gasteiger partial charge in [-0.05, 0) is 55.5 Å². The molecule has 34 heavy (non-hydrogen) atoms. The van der Waals surface area contributed by atoms with Crippen LogP contribution >= 0.6 is 34.5 Å². The summed E-state index contributed by atoms with van der Waals surface area (Å²) in [5.74, 6) is 2.19. The summed E-state index contributed by atoms with van der Waals surface area (Å²) in [5, 5.41) is 1.38. The van der Waals surface area contributed by atoms with Crippen LogP contribution in [0.2, 0.25) is 10.0 Å². The third kappa shape index (κ3) is 4.60. The number of aromatic amines is 1. The molecule has 2 aromatic carbocycles. The van der Waals surface area contributed by atoms with Gasteiger partial charge in [-0.3, -0.25) is 4.79 Å². The first-order valence-corrected chi connectivity index (χ1v) is 12.5. The maximum atomic E-state index is 12.9. The molecule has 0 saturated carbocycles. The minimum absolute atomic E-state index is 0.123. The molecular formula is C25H22Cl2N2O4S. The van der Waals surface area contributed by atoms with E-state index in [9.17, 15) is 4.79 Å². The number of methoxy groups -OCH3 is 1. The molecule has 0 bridgehead atoms. The number of hydrogen-bond donors (Lipinski definition) is 1. The summed E-state index contributed by atoms with van der Waals surface area (Å²) in [6.07, 6.45) is 4.21. The fourth-order valence-corrected chi connectivity index (χ4v) is 5.99. The Hall–Kier alpha value is -2.74. The van der Waals surface area contributed by atoms with Crippen LogP contribution in [0, 0.1) is 0 Å². The molecule has 0 amide bonds. The predicted molar refractivity (Wildman–Crippen MR) is 136 cm³/mol. The van der Waals surface area contributed by atoms with Crippen molar-refractivity contribution in [2.75, 3.05) is 20.3 Å². The van der Waals surface area contributed by atoms with Gasteiger partial charge >= 0.3 is 0 Å². The fourth-order valence-electron chi connectivity index (χ4n) is 4.13. The van der Waals surface area contributed by atoms with E-state index in [1.807, 2.05) is 18.2 Å². The van der Waals surface area contributed by atoms with E-state index in [2.05, 4.69) is 4.98 Å². The Morgan fingerprint density at radius 3 is 2.56 bits per heavy atom. The van der Waals surface area contributed by atoms with E-state index in [0.717, 1.165) is 41.5 Å². The summed E-state index contributed by atoms with van der Waals surface area (Å²) >= 11 is 14.6. The number of fused-ring (bicyclic) bond motifs is 3. The first kappa shape index (κ1) is 23.0. The lowest BCUT2D eigenvalue weighted by atomic mass is 9.97. The molecule has 0 aliphatic heterocycles. The minimum Gasteiger partial charge on any atom is -0.497 e. The highest BCUT2D eigenvalue weighted by atomic mass is 35.5. The highest BCUT2D eigenvalue weighted by Gasteiger charge is 2.21. The topological polar surface area (TPSA) is 73.4 Å². The Morgan fingerprint density at radius 2 is 1.76 bits per heavy atom. The van der Waals surface area contributed by atoms with Crippen molar-refractivity contribution in [3.05, 3.63) is 67.2 Å². The maximum Gasteiger partial charge on any atom is 0.260 e. The van der Waals surface area contributed by atoms with Crippen LogP contribution in [-0.2, 0) is 12.8 Å². The Labute approximate surface area is 210 Å². The highest BCUT2D eigenvalue weighted by molar-refractivity contribution is 7.18. The monoisotopic (exact) mass is 516 g/mol. The molecule has 1 aliphatic rings. The second-order valence-corrected chi connectivity index (χ2v) is 9.85. The Kier molecular flexibility index (Phi) is 6.68. The van der Waals surface area contributed by atoms with Gasteiger partial charge in [0.05, 0.1) is 22.5 Å².